The van der Waals surface area contributed by atoms with Gasteiger partial charge in [-0.25, -0.2) is 4.98 Å². The largest absolute Gasteiger partial charge is 0.294 e. The standard InChI is InChI=1S/C14H12ClN5O4/c1-7-5-10(21)17-14(16-7)18-19-11(12(22)13(19)15)8-3-2-4-9(6-8)20(23)24/h2-6,11,13H,1H3,(H2,16,17,18,21)/t11-,13-/m0/s1. The van der Waals surface area contributed by atoms with Crippen LogP contribution >= 0.6 is 11.6 Å². The minimum Gasteiger partial charge on any atom is -0.294 e. The molecule has 10 heteroatoms. The normalized spacial score (nSPS) is 20.5. The number of H-pyrrole nitrogens is 1. The highest BCUT2D eigenvalue weighted by atomic mass is 35.5. The van der Waals surface area contributed by atoms with E-state index in [4.69, 9.17) is 11.6 Å². The quantitative estimate of drug-likeness (QED) is 0.371. The second-order valence-corrected chi connectivity index (χ2v) is 5.66. The molecular weight excluding hydrogens is 338 g/mol. The number of aryl methyl sites for hydroxylation is 1. The zero-order chi connectivity index (χ0) is 17.4. The topological polar surface area (TPSA) is 121 Å². The lowest BCUT2D eigenvalue weighted by molar-refractivity contribution is -0.384. The summed E-state index contributed by atoms with van der Waals surface area (Å²) in [6.45, 7) is 1.65. The molecule has 3 rings (SSSR count). The fourth-order valence-electron chi connectivity index (χ4n) is 2.46. The van der Waals surface area contributed by atoms with Gasteiger partial charge in [-0.05, 0) is 12.5 Å². The van der Waals surface area contributed by atoms with Gasteiger partial charge in [0.15, 0.2) is 11.3 Å². The van der Waals surface area contributed by atoms with Crippen molar-refractivity contribution in [1.82, 2.24) is 15.0 Å². The van der Waals surface area contributed by atoms with Gasteiger partial charge in [0.05, 0.1) is 4.92 Å². The van der Waals surface area contributed by atoms with Gasteiger partial charge in [-0.3, -0.25) is 30.1 Å². The van der Waals surface area contributed by atoms with E-state index in [0.717, 1.165) is 0 Å². The molecule has 0 saturated carbocycles. The molecule has 2 aromatic rings. The lowest BCUT2D eigenvalue weighted by Crippen LogP contribution is -2.59. The molecule has 2 atom stereocenters. The zero-order valence-electron chi connectivity index (χ0n) is 12.4. The summed E-state index contributed by atoms with van der Waals surface area (Å²) in [5, 5.41) is 12.3. The van der Waals surface area contributed by atoms with E-state index < -0.39 is 16.5 Å². The SMILES string of the molecule is Cc1cc(=O)[nH]c(NN2[C@H](Cl)C(=O)[C@@H]2c2cccc([N+](=O)[O-])c2)n1. The predicted molar refractivity (Wildman–Crippen MR) is 85.5 cm³/mol. The molecule has 1 aromatic heterocycles. The molecule has 1 saturated heterocycles. The minimum absolute atomic E-state index is 0.125. The van der Waals surface area contributed by atoms with E-state index in [1.807, 2.05) is 0 Å². The molecule has 1 fully saturated rings. The molecule has 2 heterocycles. The maximum Gasteiger partial charge on any atom is 0.269 e. The maximum atomic E-state index is 12.1. The Bertz CT molecular complexity index is 883. The summed E-state index contributed by atoms with van der Waals surface area (Å²) in [6, 6.07) is 6.25. The molecule has 0 aliphatic carbocycles. The number of nitro benzene ring substituents is 1. The number of hydrogen-bond acceptors (Lipinski definition) is 7. The first-order valence-electron chi connectivity index (χ1n) is 6.92. The average Bonchev–Trinajstić information content (AvgIpc) is 2.53. The average molecular weight is 350 g/mol. The van der Waals surface area contributed by atoms with Gasteiger partial charge in [0.25, 0.3) is 11.2 Å². The van der Waals surface area contributed by atoms with Crippen molar-refractivity contribution in [1.29, 1.82) is 0 Å². The lowest BCUT2D eigenvalue weighted by atomic mass is 9.94. The van der Waals surface area contributed by atoms with Crippen LogP contribution in [0.25, 0.3) is 0 Å². The first kappa shape index (κ1) is 16.1. The Morgan fingerprint density at radius 3 is 2.79 bits per heavy atom. The number of aromatic nitrogens is 2. The summed E-state index contributed by atoms with van der Waals surface area (Å²) in [4.78, 5) is 40.5. The van der Waals surface area contributed by atoms with E-state index in [-0.39, 0.29) is 23.0 Å². The van der Waals surface area contributed by atoms with E-state index in [1.165, 1.54) is 29.3 Å². The van der Waals surface area contributed by atoms with Gasteiger partial charge < -0.3 is 0 Å². The van der Waals surface area contributed by atoms with Gasteiger partial charge in [-0.1, -0.05) is 23.7 Å². The summed E-state index contributed by atoms with van der Waals surface area (Å²) >= 11 is 6.00. The highest BCUT2D eigenvalue weighted by Gasteiger charge is 2.48. The number of carbonyl (C=O) groups excluding carboxylic acids is 1. The van der Waals surface area contributed by atoms with E-state index in [9.17, 15) is 19.7 Å². The highest BCUT2D eigenvalue weighted by molar-refractivity contribution is 6.34. The number of non-ortho nitro benzene ring substituents is 1. The number of nitrogens with one attached hydrogen (secondary N) is 2. The lowest BCUT2D eigenvalue weighted by Gasteiger charge is -2.43. The number of carbonyl (C=O) groups is 1. The van der Waals surface area contributed by atoms with Crippen LogP contribution in [0.4, 0.5) is 11.6 Å². The minimum atomic E-state index is -0.972. The Balaban J connectivity index is 1.90. The van der Waals surface area contributed by atoms with Crippen molar-refractivity contribution in [3.05, 3.63) is 62.1 Å². The van der Waals surface area contributed by atoms with Crippen LogP contribution in [0.15, 0.2) is 35.1 Å². The number of hydrazine groups is 1. The van der Waals surface area contributed by atoms with Crippen LogP contribution in [0.1, 0.15) is 17.3 Å². The van der Waals surface area contributed by atoms with Gasteiger partial charge in [0.2, 0.25) is 5.95 Å². The Hall–Kier alpha value is -2.78. The Labute approximate surface area is 140 Å². The third-order valence-electron chi connectivity index (χ3n) is 3.53. The van der Waals surface area contributed by atoms with Crippen molar-refractivity contribution in [2.75, 3.05) is 5.43 Å². The fraction of sp³-hybridized carbons (Fsp3) is 0.214. The predicted octanol–water partition coefficient (Wildman–Crippen LogP) is 1.50. The molecular formula is C14H12ClN5O4. The third-order valence-corrected chi connectivity index (χ3v) is 3.95. The van der Waals surface area contributed by atoms with Crippen molar-refractivity contribution < 1.29 is 9.72 Å². The van der Waals surface area contributed by atoms with Crippen molar-refractivity contribution in [2.24, 2.45) is 0 Å². The summed E-state index contributed by atoms with van der Waals surface area (Å²) in [5.41, 5.74) is 2.25. The van der Waals surface area contributed by atoms with Gasteiger partial charge in [0, 0.05) is 23.9 Å². The molecule has 1 aliphatic rings. The van der Waals surface area contributed by atoms with Crippen LogP contribution in [-0.2, 0) is 4.79 Å². The molecule has 0 radical (unpaired) electrons. The van der Waals surface area contributed by atoms with Gasteiger partial charge in [0.1, 0.15) is 6.04 Å². The van der Waals surface area contributed by atoms with Crippen LogP contribution in [0.2, 0.25) is 0 Å². The van der Waals surface area contributed by atoms with Gasteiger partial charge >= 0.3 is 0 Å². The molecule has 0 spiro atoms. The number of alkyl halides is 1. The molecule has 0 bridgehead atoms. The van der Waals surface area contributed by atoms with Crippen LogP contribution in [-0.4, -0.2) is 31.2 Å². The number of nitrogens with zero attached hydrogens (tertiary/aromatic N) is 3. The second kappa shape index (κ2) is 6.02. The number of nitro groups is 1. The van der Waals surface area contributed by atoms with Crippen molar-refractivity contribution in [3.8, 4) is 0 Å². The number of hydrogen-bond donors (Lipinski definition) is 2. The van der Waals surface area contributed by atoms with E-state index in [0.29, 0.717) is 11.3 Å². The highest BCUT2D eigenvalue weighted by Crippen LogP contribution is 2.37. The zero-order valence-corrected chi connectivity index (χ0v) is 13.1. The number of rotatable bonds is 4. The number of aromatic amines is 1. The first-order valence-corrected chi connectivity index (χ1v) is 7.35. The van der Waals surface area contributed by atoms with Crippen LogP contribution < -0.4 is 11.0 Å². The van der Waals surface area contributed by atoms with E-state index >= 15 is 0 Å². The van der Waals surface area contributed by atoms with Crippen LogP contribution in [0.5, 0.6) is 0 Å². The van der Waals surface area contributed by atoms with Crippen molar-refractivity contribution in [2.45, 2.75) is 18.5 Å². The number of anilines is 1. The Morgan fingerprint density at radius 1 is 1.38 bits per heavy atom. The summed E-state index contributed by atoms with van der Waals surface area (Å²) < 4.78 is 0. The number of benzene rings is 1. The second-order valence-electron chi connectivity index (χ2n) is 5.25. The smallest absolute Gasteiger partial charge is 0.269 e. The molecule has 0 unspecified atom stereocenters. The fourth-order valence-corrected chi connectivity index (χ4v) is 2.74. The van der Waals surface area contributed by atoms with E-state index in [1.54, 1.807) is 13.0 Å². The van der Waals surface area contributed by atoms with Crippen LogP contribution in [0, 0.1) is 17.0 Å². The van der Waals surface area contributed by atoms with Crippen molar-refractivity contribution >= 4 is 29.0 Å². The summed E-state index contributed by atoms with van der Waals surface area (Å²) in [6.07, 6.45) is 0. The summed E-state index contributed by atoms with van der Waals surface area (Å²) in [7, 11) is 0. The molecule has 2 N–H and O–H groups in total. The molecule has 9 nitrogen and oxygen atoms in total. The Morgan fingerprint density at radius 2 is 2.12 bits per heavy atom. The van der Waals surface area contributed by atoms with E-state index in [2.05, 4.69) is 15.4 Å². The Kier molecular flexibility index (Phi) is 4.04. The molecule has 124 valence electrons. The summed E-state index contributed by atoms with van der Waals surface area (Å²) in [5.74, 6) is -0.173. The number of ketones is 1. The molecule has 24 heavy (non-hydrogen) atoms. The molecule has 1 aliphatic heterocycles. The van der Waals surface area contributed by atoms with Gasteiger partial charge in [-0.2, -0.15) is 5.01 Å². The van der Waals surface area contributed by atoms with Crippen LogP contribution in [0.3, 0.4) is 0 Å². The van der Waals surface area contributed by atoms with Gasteiger partial charge in [-0.15, -0.1) is 0 Å². The maximum absolute atomic E-state index is 12.1. The monoisotopic (exact) mass is 349 g/mol. The third kappa shape index (κ3) is 2.86. The number of Topliss-reactive ketones (excluding diaryl/α,β-unsaturated/α-hetero) is 1. The molecule has 0 amide bonds. The van der Waals surface area contributed by atoms with Crippen molar-refractivity contribution in [3.63, 3.8) is 0 Å². The first-order chi connectivity index (χ1) is 11.4. The molecule has 1 aromatic carbocycles. The number of halogens is 1.